The Morgan fingerprint density at radius 1 is 1.23 bits per heavy atom. The maximum absolute atomic E-state index is 12.1. The molecule has 1 amide bonds. The molecule has 0 aliphatic carbocycles. The molecule has 1 fully saturated rings. The number of amides is 1. The highest BCUT2D eigenvalue weighted by molar-refractivity contribution is 7.99. The van der Waals surface area contributed by atoms with Gasteiger partial charge in [-0.25, -0.2) is 0 Å². The summed E-state index contributed by atoms with van der Waals surface area (Å²) < 4.78 is 1.98. The van der Waals surface area contributed by atoms with Gasteiger partial charge in [-0.05, 0) is 32.9 Å². The van der Waals surface area contributed by atoms with E-state index in [1.165, 1.54) is 12.8 Å². The third-order valence-corrected chi connectivity index (χ3v) is 5.81. The Balaban J connectivity index is 1.42. The molecule has 0 bridgehead atoms. The number of hydrogen-bond acceptors (Lipinski definition) is 5. The molecule has 0 saturated carbocycles. The van der Waals surface area contributed by atoms with E-state index in [2.05, 4.69) is 27.3 Å². The van der Waals surface area contributed by atoms with Crippen LogP contribution < -0.4 is 5.32 Å². The van der Waals surface area contributed by atoms with Crippen molar-refractivity contribution in [3.05, 3.63) is 30.3 Å². The molecule has 2 heterocycles. The summed E-state index contributed by atoms with van der Waals surface area (Å²) in [5.74, 6) is 1.65. The molecule has 1 N–H and O–H groups in total. The van der Waals surface area contributed by atoms with Gasteiger partial charge in [0.25, 0.3) is 0 Å². The maximum Gasteiger partial charge on any atom is 0.220 e. The van der Waals surface area contributed by atoms with Crippen LogP contribution in [-0.4, -0.2) is 57.0 Å². The van der Waals surface area contributed by atoms with E-state index in [4.69, 9.17) is 0 Å². The van der Waals surface area contributed by atoms with Crippen LogP contribution in [0.2, 0.25) is 0 Å². The van der Waals surface area contributed by atoms with Gasteiger partial charge in [0.2, 0.25) is 5.91 Å². The molecule has 1 aliphatic heterocycles. The minimum absolute atomic E-state index is 0.106. The van der Waals surface area contributed by atoms with E-state index < -0.39 is 0 Å². The molecular weight excluding hydrogens is 346 g/mol. The summed E-state index contributed by atoms with van der Waals surface area (Å²) in [4.78, 5) is 14.5. The Morgan fingerprint density at radius 3 is 2.69 bits per heavy atom. The smallest absolute Gasteiger partial charge is 0.220 e. The zero-order chi connectivity index (χ0) is 18.4. The molecule has 1 aromatic carbocycles. The molecule has 6 nitrogen and oxygen atoms in total. The highest BCUT2D eigenvalue weighted by Crippen LogP contribution is 2.22. The first-order chi connectivity index (χ1) is 12.6. The van der Waals surface area contributed by atoms with E-state index in [-0.39, 0.29) is 5.91 Å². The molecule has 0 radical (unpaired) electrons. The van der Waals surface area contributed by atoms with Crippen molar-refractivity contribution in [2.24, 2.45) is 7.05 Å². The van der Waals surface area contributed by atoms with Gasteiger partial charge in [0.1, 0.15) is 0 Å². The van der Waals surface area contributed by atoms with E-state index in [1.807, 2.05) is 41.9 Å². The zero-order valence-electron chi connectivity index (χ0n) is 15.5. The van der Waals surface area contributed by atoms with E-state index in [1.54, 1.807) is 11.8 Å². The zero-order valence-corrected chi connectivity index (χ0v) is 16.3. The Morgan fingerprint density at radius 2 is 1.96 bits per heavy atom. The van der Waals surface area contributed by atoms with Crippen molar-refractivity contribution in [3.63, 3.8) is 0 Å². The summed E-state index contributed by atoms with van der Waals surface area (Å²) in [6.07, 6.45) is 3.04. The molecule has 1 aromatic heterocycles. The van der Waals surface area contributed by atoms with E-state index >= 15 is 0 Å². The van der Waals surface area contributed by atoms with Gasteiger partial charge >= 0.3 is 0 Å². The summed E-state index contributed by atoms with van der Waals surface area (Å²) >= 11 is 1.57. The number of benzene rings is 1. The van der Waals surface area contributed by atoms with Gasteiger partial charge < -0.3 is 9.88 Å². The van der Waals surface area contributed by atoms with Crippen molar-refractivity contribution in [1.29, 1.82) is 0 Å². The summed E-state index contributed by atoms with van der Waals surface area (Å²) in [5, 5.41) is 12.4. The molecule has 2 aromatic rings. The van der Waals surface area contributed by atoms with Crippen LogP contribution in [0.5, 0.6) is 0 Å². The van der Waals surface area contributed by atoms with Crippen LogP contribution in [0.4, 0.5) is 0 Å². The number of nitrogens with zero attached hydrogens (tertiary/aromatic N) is 4. The largest absolute Gasteiger partial charge is 0.355 e. The second-order valence-electron chi connectivity index (χ2n) is 6.73. The minimum atomic E-state index is 0.106. The fourth-order valence-corrected chi connectivity index (χ4v) is 4.02. The first kappa shape index (κ1) is 18.9. The molecule has 1 atom stereocenters. The standard InChI is InChI=1S/C19H27N5OS/c1-15(24-11-6-7-12-24)14-20-17(25)10-13-26-19-22-21-18(23(19)2)16-8-4-3-5-9-16/h3-5,8-9,15H,6-7,10-14H2,1-2H3,(H,20,25). The maximum atomic E-state index is 12.1. The second kappa shape index (κ2) is 9.19. The number of likely N-dealkylation sites (tertiary alicyclic amines) is 1. The number of nitrogens with one attached hydrogen (secondary N) is 1. The first-order valence-corrected chi connectivity index (χ1v) is 10.2. The number of carbonyl (C=O) groups excluding carboxylic acids is 1. The lowest BCUT2D eigenvalue weighted by molar-refractivity contribution is -0.120. The van der Waals surface area contributed by atoms with Gasteiger partial charge in [0.15, 0.2) is 11.0 Å². The number of rotatable bonds is 8. The van der Waals surface area contributed by atoms with Gasteiger partial charge in [-0.2, -0.15) is 0 Å². The van der Waals surface area contributed by atoms with Gasteiger partial charge in [-0.15, -0.1) is 10.2 Å². The van der Waals surface area contributed by atoms with E-state index in [9.17, 15) is 4.79 Å². The van der Waals surface area contributed by atoms with Crippen molar-refractivity contribution >= 4 is 17.7 Å². The SMILES string of the molecule is CC(CNC(=O)CCSc1nnc(-c2ccccc2)n1C)N1CCCC1. The predicted molar refractivity (Wildman–Crippen MR) is 105 cm³/mol. The highest BCUT2D eigenvalue weighted by Gasteiger charge is 2.18. The first-order valence-electron chi connectivity index (χ1n) is 9.23. The summed E-state index contributed by atoms with van der Waals surface area (Å²) in [6.45, 7) is 5.22. The number of thioether (sulfide) groups is 1. The third kappa shape index (κ3) is 4.86. The molecule has 3 rings (SSSR count). The van der Waals surface area contributed by atoms with Crippen LogP contribution in [0.15, 0.2) is 35.5 Å². The van der Waals surface area contributed by atoms with Crippen molar-refractivity contribution in [2.75, 3.05) is 25.4 Å². The fourth-order valence-electron chi connectivity index (χ4n) is 3.18. The van der Waals surface area contributed by atoms with Crippen LogP contribution in [0.25, 0.3) is 11.4 Å². The van der Waals surface area contributed by atoms with Crippen molar-refractivity contribution in [2.45, 2.75) is 37.4 Å². The lowest BCUT2D eigenvalue weighted by Gasteiger charge is -2.23. The Kier molecular flexibility index (Phi) is 6.68. The monoisotopic (exact) mass is 373 g/mol. The van der Waals surface area contributed by atoms with Gasteiger partial charge in [-0.1, -0.05) is 42.1 Å². The van der Waals surface area contributed by atoms with Crippen LogP contribution in [0.1, 0.15) is 26.2 Å². The summed E-state index contributed by atoms with van der Waals surface area (Å²) in [6, 6.07) is 10.4. The predicted octanol–water partition coefficient (Wildman–Crippen LogP) is 2.56. The summed E-state index contributed by atoms with van der Waals surface area (Å²) in [5.41, 5.74) is 1.04. The van der Waals surface area contributed by atoms with Crippen molar-refractivity contribution in [3.8, 4) is 11.4 Å². The Hall–Kier alpha value is -1.86. The Labute approximate surface area is 159 Å². The number of aromatic nitrogens is 3. The lowest BCUT2D eigenvalue weighted by Crippen LogP contribution is -2.40. The van der Waals surface area contributed by atoms with Gasteiger partial charge in [-0.3, -0.25) is 9.69 Å². The molecule has 7 heteroatoms. The number of carbonyl (C=O) groups is 1. The van der Waals surface area contributed by atoms with Crippen LogP contribution >= 0.6 is 11.8 Å². The molecular formula is C19H27N5OS. The van der Waals surface area contributed by atoms with Gasteiger partial charge in [0, 0.05) is 37.4 Å². The van der Waals surface area contributed by atoms with Gasteiger partial charge in [0.05, 0.1) is 0 Å². The molecule has 0 spiro atoms. The van der Waals surface area contributed by atoms with E-state index in [0.29, 0.717) is 18.2 Å². The Bertz CT molecular complexity index is 712. The molecule has 1 unspecified atom stereocenters. The third-order valence-electron chi connectivity index (χ3n) is 4.79. The molecule has 1 saturated heterocycles. The molecule has 26 heavy (non-hydrogen) atoms. The normalized spacial score (nSPS) is 15.9. The molecule has 140 valence electrons. The van der Waals surface area contributed by atoms with Crippen LogP contribution in [0.3, 0.4) is 0 Å². The minimum Gasteiger partial charge on any atom is -0.355 e. The highest BCUT2D eigenvalue weighted by atomic mass is 32.2. The topological polar surface area (TPSA) is 63.1 Å². The average Bonchev–Trinajstić information content (AvgIpc) is 3.31. The van der Waals surface area contributed by atoms with Crippen molar-refractivity contribution < 1.29 is 4.79 Å². The number of hydrogen-bond donors (Lipinski definition) is 1. The lowest BCUT2D eigenvalue weighted by atomic mass is 10.2. The van der Waals surface area contributed by atoms with Crippen molar-refractivity contribution in [1.82, 2.24) is 25.0 Å². The van der Waals surface area contributed by atoms with Crippen LogP contribution in [-0.2, 0) is 11.8 Å². The second-order valence-corrected chi connectivity index (χ2v) is 7.79. The summed E-state index contributed by atoms with van der Waals surface area (Å²) in [7, 11) is 1.96. The van der Waals surface area contributed by atoms with Crippen LogP contribution in [0, 0.1) is 0 Å². The average molecular weight is 374 g/mol. The quantitative estimate of drug-likeness (QED) is 0.721. The molecule has 1 aliphatic rings. The van der Waals surface area contributed by atoms with E-state index in [0.717, 1.165) is 36.2 Å². The fraction of sp³-hybridized carbons (Fsp3) is 0.526.